The molecule has 32 heavy (non-hydrogen) atoms. The first kappa shape index (κ1) is 23.4. The van der Waals surface area contributed by atoms with E-state index in [1.54, 1.807) is 12.1 Å². The number of hydrogen-bond donors (Lipinski definition) is 1. The molecule has 11 heteroatoms. The summed E-state index contributed by atoms with van der Waals surface area (Å²) in [6.45, 7) is 1.89. The van der Waals surface area contributed by atoms with Crippen LogP contribution in [0.15, 0.2) is 71.7 Å². The van der Waals surface area contributed by atoms with Crippen LogP contribution in [0.2, 0.25) is 0 Å². The Morgan fingerprint density at radius 2 is 2.03 bits per heavy atom. The molecule has 1 aromatic carbocycles. The molecule has 3 atom stereocenters. The lowest BCUT2D eigenvalue weighted by molar-refractivity contribution is -0.420. The highest BCUT2D eigenvalue weighted by Crippen LogP contribution is 2.39. The number of aryl methyl sites for hydroxylation is 1. The number of allylic oxidation sites excluding steroid dienone is 3. The molecule has 2 aliphatic rings. The van der Waals surface area contributed by atoms with Gasteiger partial charge in [-0.3, -0.25) is 19.1 Å². The van der Waals surface area contributed by atoms with Crippen molar-refractivity contribution >= 4 is 17.3 Å². The molecule has 0 radical (unpaired) electrons. The Hall–Kier alpha value is -3.28. The second-order valence-corrected chi connectivity index (χ2v) is 7.78. The normalized spacial score (nSPS) is 19.9. The lowest BCUT2D eigenvalue weighted by Crippen LogP contribution is -2.21. The van der Waals surface area contributed by atoms with Crippen LogP contribution in [0.3, 0.4) is 0 Å². The molecule has 3 unspecified atom stereocenters. The zero-order valence-corrected chi connectivity index (χ0v) is 17.8. The van der Waals surface area contributed by atoms with Gasteiger partial charge in [-0.25, -0.2) is 4.21 Å². The topological polar surface area (TPSA) is 148 Å². The first-order valence-electron chi connectivity index (χ1n) is 9.58. The van der Waals surface area contributed by atoms with Crippen LogP contribution in [0.25, 0.3) is 0 Å². The SMILES string of the molecule is Cc1ccc(C(OS(=O)[O-])C2C=CC([N+](=O)[O-])=C(C3=COC(CCC(=O)O)=CO3)C2)cc1. The number of nitro groups is 1. The fourth-order valence-corrected chi connectivity index (χ4v) is 3.77. The summed E-state index contributed by atoms with van der Waals surface area (Å²) in [5, 5.41) is 20.3. The van der Waals surface area contributed by atoms with Crippen molar-refractivity contribution in [1.29, 1.82) is 0 Å². The number of rotatable bonds is 9. The van der Waals surface area contributed by atoms with E-state index in [2.05, 4.69) is 0 Å². The van der Waals surface area contributed by atoms with Crippen LogP contribution in [0.4, 0.5) is 0 Å². The Bertz CT molecular complexity index is 1040. The molecule has 0 saturated carbocycles. The van der Waals surface area contributed by atoms with Gasteiger partial charge in [0.1, 0.15) is 24.4 Å². The van der Waals surface area contributed by atoms with Crippen LogP contribution >= 0.6 is 0 Å². The van der Waals surface area contributed by atoms with E-state index in [0.717, 1.165) is 5.56 Å². The van der Waals surface area contributed by atoms with Gasteiger partial charge in [-0.2, -0.15) is 0 Å². The molecule has 0 amide bonds. The summed E-state index contributed by atoms with van der Waals surface area (Å²) in [5.74, 6) is -1.20. The molecule has 0 bridgehead atoms. The Kier molecular flexibility index (Phi) is 7.57. The number of carboxylic acid groups (broad SMARTS) is 1. The number of benzene rings is 1. The van der Waals surface area contributed by atoms with E-state index < -0.39 is 34.3 Å². The van der Waals surface area contributed by atoms with Crippen molar-refractivity contribution in [3.05, 3.63) is 93.0 Å². The standard InChI is InChI=1S/C21H21NO9S/c1-13-2-4-14(5-3-13)21(31-32(27)28)15-6-8-18(22(25)26)17(10-15)19-12-29-16(11-30-19)7-9-20(23)24/h2-6,8,11-12,15,21H,7,9-10H2,1H3,(H,23,24)(H,27,28)/p-1. The van der Waals surface area contributed by atoms with Crippen LogP contribution in [0.5, 0.6) is 0 Å². The molecule has 10 nitrogen and oxygen atoms in total. The highest BCUT2D eigenvalue weighted by atomic mass is 32.2. The van der Waals surface area contributed by atoms with E-state index in [9.17, 15) is 23.7 Å². The minimum absolute atomic E-state index is 0.0516. The molecule has 1 N–H and O–H groups in total. The van der Waals surface area contributed by atoms with E-state index in [0.29, 0.717) is 5.56 Å². The smallest absolute Gasteiger partial charge is 0.303 e. The highest BCUT2D eigenvalue weighted by molar-refractivity contribution is 7.74. The van der Waals surface area contributed by atoms with Gasteiger partial charge in [-0.1, -0.05) is 35.9 Å². The summed E-state index contributed by atoms with van der Waals surface area (Å²) in [5.41, 5.74) is 1.57. The third-order valence-corrected chi connectivity index (χ3v) is 5.31. The van der Waals surface area contributed by atoms with E-state index >= 15 is 0 Å². The van der Waals surface area contributed by atoms with Gasteiger partial charge in [0.05, 0.1) is 28.3 Å². The van der Waals surface area contributed by atoms with Gasteiger partial charge in [0.15, 0.2) is 5.76 Å². The van der Waals surface area contributed by atoms with Gasteiger partial charge in [-0.05, 0) is 18.9 Å². The first-order chi connectivity index (χ1) is 15.2. The van der Waals surface area contributed by atoms with E-state index in [1.165, 1.54) is 24.7 Å². The fourth-order valence-electron chi connectivity index (χ4n) is 3.35. The van der Waals surface area contributed by atoms with Crippen LogP contribution < -0.4 is 0 Å². The average Bonchev–Trinajstić information content (AvgIpc) is 2.76. The third-order valence-electron chi connectivity index (χ3n) is 4.94. The molecule has 1 aliphatic heterocycles. The lowest BCUT2D eigenvalue weighted by atomic mass is 9.84. The van der Waals surface area contributed by atoms with Gasteiger partial charge in [-0.15, -0.1) is 0 Å². The molecule has 1 aromatic rings. The van der Waals surface area contributed by atoms with Gasteiger partial charge in [0, 0.05) is 18.4 Å². The Morgan fingerprint density at radius 3 is 2.59 bits per heavy atom. The van der Waals surface area contributed by atoms with E-state index in [-0.39, 0.29) is 42.1 Å². The molecule has 0 spiro atoms. The van der Waals surface area contributed by atoms with Crippen molar-refractivity contribution in [3.8, 4) is 0 Å². The third kappa shape index (κ3) is 5.90. The second kappa shape index (κ2) is 10.4. The van der Waals surface area contributed by atoms with Crippen molar-refractivity contribution in [1.82, 2.24) is 0 Å². The van der Waals surface area contributed by atoms with Crippen molar-refractivity contribution in [2.45, 2.75) is 32.3 Å². The number of carbonyl (C=O) groups is 1. The summed E-state index contributed by atoms with van der Waals surface area (Å²) in [6, 6.07) is 7.11. The summed E-state index contributed by atoms with van der Waals surface area (Å²) < 4.78 is 38.7. The van der Waals surface area contributed by atoms with E-state index in [4.69, 9.17) is 18.8 Å². The minimum Gasteiger partial charge on any atom is -0.750 e. The monoisotopic (exact) mass is 462 g/mol. The Morgan fingerprint density at radius 1 is 1.31 bits per heavy atom. The quantitative estimate of drug-likeness (QED) is 0.330. The molecule has 0 saturated heterocycles. The summed E-state index contributed by atoms with van der Waals surface area (Å²) in [6.07, 6.45) is 4.30. The number of ether oxygens (including phenoxy) is 2. The van der Waals surface area contributed by atoms with Crippen LogP contribution in [-0.2, 0) is 29.8 Å². The number of nitrogens with zero attached hydrogens (tertiary/aromatic N) is 1. The number of hydrogen-bond acceptors (Lipinski definition) is 8. The lowest BCUT2D eigenvalue weighted by Gasteiger charge is -2.29. The van der Waals surface area contributed by atoms with Gasteiger partial charge >= 0.3 is 5.97 Å². The fraction of sp³-hybridized carbons (Fsp3) is 0.286. The molecule has 1 aliphatic carbocycles. The number of aliphatic carboxylic acids is 1. The zero-order chi connectivity index (χ0) is 23.3. The summed E-state index contributed by atoms with van der Waals surface area (Å²) >= 11 is -2.81. The largest absolute Gasteiger partial charge is 0.750 e. The highest BCUT2D eigenvalue weighted by Gasteiger charge is 2.34. The average molecular weight is 462 g/mol. The Labute approximate surface area is 186 Å². The van der Waals surface area contributed by atoms with Crippen molar-refractivity contribution < 1.29 is 37.2 Å². The predicted molar refractivity (Wildman–Crippen MR) is 110 cm³/mol. The Balaban J connectivity index is 1.85. The van der Waals surface area contributed by atoms with Crippen molar-refractivity contribution in [2.24, 2.45) is 5.92 Å². The molecule has 170 valence electrons. The molecular formula is C21H20NO9S-. The number of carboxylic acids is 1. The van der Waals surface area contributed by atoms with Crippen LogP contribution in [-0.4, -0.2) is 24.8 Å². The maximum absolute atomic E-state index is 11.6. The zero-order valence-electron chi connectivity index (χ0n) is 17.0. The second-order valence-electron chi connectivity index (χ2n) is 7.18. The molecule has 0 fully saturated rings. The first-order valence-corrected chi connectivity index (χ1v) is 10.6. The minimum atomic E-state index is -2.81. The maximum atomic E-state index is 11.6. The van der Waals surface area contributed by atoms with Gasteiger partial charge < -0.3 is 19.1 Å². The van der Waals surface area contributed by atoms with Gasteiger partial charge in [0.25, 0.3) is 5.70 Å². The van der Waals surface area contributed by atoms with Crippen LogP contribution in [0, 0.1) is 23.0 Å². The molecular weight excluding hydrogens is 442 g/mol. The summed E-state index contributed by atoms with van der Waals surface area (Å²) in [4.78, 5) is 21.7. The van der Waals surface area contributed by atoms with Crippen molar-refractivity contribution in [2.75, 3.05) is 0 Å². The maximum Gasteiger partial charge on any atom is 0.303 e. The van der Waals surface area contributed by atoms with Crippen LogP contribution in [0.1, 0.15) is 36.5 Å². The van der Waals surface area contributed by atoms with E-state index in [1.807, 2.05) is 19.1 Å². The summed E-state index contributed by atoms with van der Waals surface area (Å²) in [7, 11) is 0. The molecule has 0 aromatic heterocycles. The molecule has 1 heterocycles. The van der Waals surface area contributed by atoms with Crippen molar-refractivity contribution in [3.63, 3.8) is 0 Å². The van der Waals surface area contributed by atoms with Gasteiger partial charge in [0.2, 0.25) is 0 Å². The molecule has 3 rings (SSSR count). The predicted octanol–water partition coefficient (Wildman–Crippen LogP) is 3.55.